The van der Waals surface area contributed by atoms with Gasteiger partial charge in [0.05, 0.1) is 12.5 Å². The van der Waals surface area contributed by atoms with Gasteiger partial charge in [0.15, 0.2) is 0 Å². The highest BCUT2D eigenvalue weighted by atomic mass is 15.3. The van der Waals surface area contributed by atoms with Crippen molar-refractivity contribution in [3.8, 4) is 6.07 Å². The number of hydrogen-bond donors (Lipinski definition) is 0. The van der Waals surface area contributed by atoms with Crippen LogP contribution >= 0.6 is 0 Å². The summed E-state index contributed by atoms with van der Waals surface area (Å²) in [5.74, 6) is 0. The van der Waals surface area contributed by atoms with Crippen molar-refractivity contribution in [3.63, 3.8) is 0 Å². The van der Waals surface area contributed by atoms with E-state index in [0.717, 1.165) is 13.1 Å². The second-order valence-electron chi connectivity index (χ2n) is 5.75. The molecule has 3 nitrogen and oxygen atoms in total. The molecule has 1 fully saturated rings. The lowest BCUT2D eigenvalue weighted by molar-refractivity contribution is 0.194. The molecular weight excluding hydrogens is 234 g/mol. The van der Waals surface area contributed by atoms with Gasteiger partial charge in [0.2, 0.25) is 0 Å². The maximum atomic E-state index is 8.96. The molecule has 1 aromatic rings. The molecular formula is C16H23N3. The van der Waals surface area contributed by atoms with Crippen molar-refractivity contribution in [2.45, 2.75) is 39.3 Å². The van der Waals surface area contributed by atoms with E-state index < -0.39 is 0 Å². The number of aryl methyl sites for hydroxylation is 2. The lowest BCUT2D eigenvalue weighted by atomic mass is 10.0. The normalized spacial score (nSPS) is 24.3. The molecule has 1 aliphatic heterocycles. The molecule has 102 valence electrons. The van der Waals surface area contributed by atoms with Gasteiger partial charge in [0, 0.05) is 30.9 Å². The minimum absolute atomic E-state index is 0.334. The first-order valence-corrected chi connectivity index (χ1v) is 6.94. The molecule has 1 heterocycles. The lowest BCUT2D eigenvalue weighted by Crippen LogP contribution is -2.56. The van der Waals surface area contributed by atoms with Crippen LogP contribution in [0.2, 0.25) is 0 Å². The summed E-state index contributed by atoms with van der Waals surface area (Å²) in [5, 5.41) is 8.96. The topological polar surface area (TPSA) is 30.3 Å². The Kier molecular flexibility index (Phi) is 4.11. The third-order valence-corrected chi connectivity index (χ3v) is 4.12. The van der Waals surface area contributed by atoms with E-state index in [4.69, 9.17) is 5.26 Å². The number of likely N-dealkylation sites (N-methyl/N-ethyl adjacent to an activating group) is 1. The Labute approximate surface area is 116 Å². The fourth-order valence-electron chi connectivity index (χ4n) is 2.90. The van der Waals surface area contributed by atoms with Crippen LogP contribution in [0.1, 0.15) is 24.5 Å². The molecule has 0 N–H and O–H groups in total. The Morgan fingerprint density at radius 2 is 2.05 bits per heavy atom. The first kappa shape index (κ1) is 13.9. The second kappa shape index (κ2) is 5.63. The smallest absolute Gasteiger partial charge is 0.0638 e. The molecule has 0 aromatic heterocycles. The van der Waals surface area contributed by atoms with Crippen molar-refractivity contribution in [1.82, 2.24) is 4.90 Å². The standard InChI is InChI=1S/C16H23N3/c1-12-5-6-13(2)16(9-12)19-11-15(7-8-17)18(4)10-14(19)3/h5-6,9,14-15H,7,10-11H2,1-4H3. The Balaban J connectivity index is 2.27. The second-order valence-corrected chi connectivity index (χ2v) is 5.75. The van der Waals surface area contributed by atoms with Crippen LogP contribution in [0.15, 0.2) is 18.2 Å². The summed E-state index contributed by atoms with van der Waals surface area (Å²) in [5.41, 5.74) is 3.94. The molecule has 19 heavy (non-hydrogen) atoms. The van der Waals surface area contributed by atoms with Gasteiger partial charge >= 0.3 is 0 Å². The molecule has 0 amide bonds. The maximum Gasteiger partial charge on any atom is 0.0638 e. The van der Waals surface area contributed by atoms with Gasteiger partial charge in [-0.2, -0.15) is 5.26 Å². The first-order chi connectivity index (χ1) is 9.02. The van der Waals surface area contributed by atoms with Gasteiger partial charge in [0.25, 0.3) is 0 Å². The zero-order valence-electron chi connectivity index (χ0n) is 12.3. The van der Waals surface area contributed by atoms with E-state index in [1.807, 2.05) is 0 Å². The quantitative estimate of drug-likeness (QED) is 0.816. The van der Waals surface area contributed by atoms with Crippen LogP contribution < -0.4 is 4.90 Å². The molecule has 2 atom stereocenters. The van der Waals surface area contributed by atoms with Crippen molar-refractivity contribution in [2.75, 3.05) is 25.0 Å². The van der Waals surface area contributed by atoms with Gasteiger partial charge in [-0.05, 0) is 45.0 Å². The van der Waals surface area contributed by atoms with Crippen LogP contribution in [-0.2, 0) is 0 Å². The zero-order chi connectivity index (χ0) is 14.0. The highest BCUT2D eigenvalue weighted by Gasteiger charge is 2.29. The Bertz CT molecular complexity index is 489. The summed E-state index contributed by atoms with van der Waals surface area (Å²) in [6.07, 6.45) is 0.602. The Morgan fingerprint density at radius 3 is 2.74 bits per heavy atom. The summed E-state index contributed by atoms with van der Waals surface area (Å²) >= 11 is 0. The largest absolute Gasteiger partial charge is 0.366 e. The molecule has 0 spiro atoms. The minimum Gasteiger partial charge on any atom is -0.366 e. The summed E-state index contributed by atoms with van der Waals surface area (Å²) in [4.78, 5) is 4.78. The molecule has 1 saturated heterocycles. The number of hydrogen-bond acceptors (Lipinski definition) is 3. The van der Waals surface area contributed by atoms with Crippen LogP contribution in [0.3, 0.4) is 0 Å². The molecule has 0 aliphatic carbocycles. The third-order valence-electron chi connectivity index (χ3n) is 4.12. The van der Waals surface area contributed by atoms with E-state index in [1.54, 1.807) is 0 Å². The van der Waals surface area contributed by atoms with Crippen LogP contribution in [0.25, 0.3) is 0 Å². The first-order valence-electron chi connectivity index (χ1n) is 6.94. The number of rotatable bonds is 2. The minimum atomic E-state index is 0.334. The van der Waals surface area contributed by atoms with Crippen LogP contribution in [0.4, 0.5) is 5.69 Å². The van der Waals surface area contributed by atoms with Crippen LogP contribution in [0.5, 0.6) is 0 Å². The monoisotopic (exact) mass is 257 g/mol. The third kappa shape index (κ3) is 2.90. The Morgan fingerprint density at radius 1 is 1.32 bits per heavy atom. The molecule has 1 aromatic carbocycles. The fraction of sp³-hybridized carbons (Fsp3) is 0.562. The molecule has 0 radical (unpaired) electrons. The van der Waals surface area contributed by atoms with Crippen LogP contribution in [-0.4, -0.2) is 37.1 Å². The van der Waals surface area contributed by atoms with Gasteiger partial charge in [-0.1, -0.05) is 12.1 Å². The van der Waals surface area contributed by atoms with Crippen molar-refractivity contribution in [3.05, 3.63) is 29.3 Å². The highest BCUT2D eigenvalue weighted by Crippen LogP contribution is 2.27. The van der Waals surface area contributed by atoms with Gasteiger partial charge < -0.3 is 4.90 Å². The van der Waals surface area contributed by atoms with Crippen molar-refractivity contribution < 1.29 is 0 Å². The van der Waals surface area contributed by atoms with Crippen LogP contribution in [0, 0.1) is 25.2 Å². The van der Waals surface area contributed by atoms with E-state index in [2.05, 4.69) is 61.9 Å². The van der Waals surface area contributed by atoms with Gasteiger partial charge in [-0.3, -0.25) is 4.90 Å². The molecule has 0 bridgehead atoms. The average molecular weight is 257 g/mol. The zero-order valence-corrected chi connectivity index (χ0v) is 12.3. The number of nitrogens with zero attached hydrogens (tertiary/aromatic N) is 3. The van der Waals surface area contributed by atoms with Crippen molar-refractivity contribution in [2.24, 2.45) is 0 Å². The van der Waals surface area contributed by atoms with Gasteiger partial charge in [-0.25, -0.2) is 0 Å². The fourth-order valence-corrected chi connectivity index (χ4v) is 2.90. The van der Waals surface area contributed by atoms with E-state index in [1.165, 1.54) is 16.8 Å². The van der Waals surface area contributed by atoms with E-state index in [-0.39, 0.29) is 0 Å². The molecule has 2 unspecified atom stereocenters. The highest BCUT2D eigenvalue weighted by molar-refractivity contribution is 5.56. The predicted molar refractivity (Wildman–Crippen MR) is 79.4 cm³/mol. The van der Waals surface area contributed by atoms with E-state index in [9.17, 15) is 0 Å². The van der Waals surface area contributed by atoms with Gasteiger partial charge in [0.1, 0.15) is 0 Å². The number of piperazine rings is 1. The predicted octanol–water partition coefficient (Wildman–Crippen LogP) is 2.73. The van der Waals surface area contributed by atoms with Crippen molar-refractivity contribution >= 4 is 5.69 Å². The molecule has 1 aliphatic rings. The lowest BCUT2D eigenvalue weighted by Gasteiger charge is -2.45. The average Bonchev–Trinajstić information content (AvgIpc) is 2.36. The van der Waals surface area contributed by atoms with Crippen molar-refractivity contribution in [1.29, 1.82) is 5.26 Å². The van der Waals surface area contributed by atoms with E-state index >= 15 is 0 Å². The number of benzene rings is 1. The number of nitriles is 1. The van der Waals surface area contributed by atoms with Gasteiger partial charge in [-0.15, -0.1) is 0 Å². The molecule has 3 heteroatoms. The molecule has 2 rings (SSSR count). The maximum absolute atomic E-state index is 8.96. The molecule has 0 saturated carbocycles. The summed E-state index contributed by atoms with van der Waals surface area (Å²) in [6.45, 7) is 8.52. The summed E-state index contributed by atoms with van der Waals surface area (Å²) in [7, 11) is 2.12. The van der Waals surface area contributed by atoms with E-state index in [0.29, 0.717) is 18.5 Å². The number of anilines is 1. The Hall–Kier alpha value is -1.53. The summed E-state index contributed by atoms with van der Waals surface area (Å²) in [6, 6.07) is 9.75. The summed E-state index contributed by atoms with van der Waals surface area (Å²) < 4.78 is 0. The SMILES string of the molecule is Cc1ccc(C)c(N2CC(CC#N)N(C)CC2C)c1.